The van der Waals surface area contributed by atoms with E-state index in [2.05, 4.69) is 168 Å². The molecule has 5 heteroatoms. The van der Waals surface area contributed by atoms with Crippen LogP contribution < -0.4 is 0 Å². The van der Waals surface area contributed by atoms with Gasteiger partial charge in [0.25, 0.3) is 0 Å². The normalized spacial score (nSPS) is 11.9. The van der Waals surface area contributed by atoms with E-state index >= 15 is 0 Å². The highest BCUT2D eigenvalue weighted by molar-refractivity contribution is 7.26. The van der Waals surface area contributed by atoms with E-state index in [4.69, 9.17) is 15.0 Å². The summed E-state index contributed by atoms with van der Waals surface area (Å²) >= 11 is 1.83. The number of aromatic nitrogens is 4. The van der Waals surface area contributed by atoms with E-state index in [9.17, 15) is 0 Å². The van der Waals surface area contributed by atoms with E-state index in [0.29, 0.717) is 17.5 Å². The lowest BCUT2D eigenvalue weighted by molar-refractivity contribution is 1.08. The van der Waals surface area contributed by atoms with Crippen molar-refractivity contribution in [2.45, 2.75) is 0 Å². The third-order valence-corrected chi connectivity index (χ3v) is 12.4. The number of benzene rings is 9. The molecule has 0 spiro atoms. The van der Waals surface area contributed by atoms with Crippen LogP contribution in [-0.2, 0) is 0 Å². The average Bonchev–Trinajstić information content (AvgIpc) is 3.82. The molecule has 12 aromatic rings. The van der Waals surface area contributed by atoms with Crippen molar-refractivity contribution in [2.24, 2.45) is 0 Å². The van der Waals surface area contributed by atoms with Crippen LogP contribution in [0.15, 0.2) is 182 Å². The van der Waals surface area contributed by atoms with Gasteiger partial charge in [-0.3, -0.25) is 0 Å². The van der Waals surface area contributed by atoms with Gasteiger partial charge in [0, 0.05) is 53.7 Å². The van der Waals surface area contributed by atoms with Crippen molar-refractivity contribution in [3.05, 3.63) is 182 Å². The van der Waals surface area contributed by atoms with Crippen LogP contribution in [0.25, 0.3) is 114 Å². The highest BCUT2D eigenvalue weighted by Gasteiger charge is 2.21. The minimum Gasteiger partial charge on any atom is -0.307 e. The van der Waals surface area contributed by atoms with Crippen molar-refractivity contribution in [1.29, 1.82) is 0 Å². The van der Waals surface area contributed by atoms with E-state index in [-0.39, 0.29) is 0 Å². The minimum absolute atomic E-state index is 0.655. The van der Waals surface area contributed by atoms with Crippen molar-refractivity contribution >= 4 is 85.6 Å². The zero-order chi connectivity index (χ0) is 36.7. The fourth-order valence-corrected chi connectivity index (χ4v) is 9.80. The Morgan fingerprint density at radius 2 is 0.857 bits per heavy atom. The highest BCUT2D eigenvalue weighted by Crippen LogP contribution is 2.44. The van der Waals surface area contributed by atoms with Crippen molar-refractivity contribution in [3.63, 3.8) is 0 Å². The van der Waals surface area contributed by atoms with Gasteiger partial charge in [0.15, 0.2) is 17.5 Å². The Hall–Kier alpha value is -7.21. The first-order valence-corrected chi connectivity index (χ1v) is 19.7. The summed E-state index contributed by atoms with van der Waals surface area (Å²) in [5.41, 5.74) is 6.53. The summed E-state index contributed by atoms with van der Waals surface area (Å²) in [6.07, 6.45) is 0. The van der Waals surface area contributed by atoms with E-state index in [1.54, 1.807) is 0 Å². The molecule has 260 valence electrons. The van der Waals surface area contributed by atoms with Crippen molar-refractivity contribution in [2.75, 3.05) is 0 Å². The van der Waals surface area contributed by atoms with Crippen LogP contribution in [0.1, 0.15) is 0 Å². The predicted molar refractivity (Wildman–Crippen MR) is 236 cm³/mol. The summed E-state index contributed by atoms with van der Waals surface area (Å²) in [4.78, 5) is 15.2. The summed E-state index contributed by atoms with van der Waals surface area (Å²) in [5, 5.41) is 12.3. The molecule has 0 unspecified atom stereocenters. The number of fused-ring (bicyclic) bond motifs is 11. The molecule has 0 aliphatic heterocycles. The lowest BCUT2D eigenvalue weighted by Crippen LogP contribution is -2.00. The first-order valence-electron chi connectivity index (χ1n) is 18.9. The molecule has 0 fully saturated rings. The topological polar surface area (TPSA) is 43.6 Å². The molecule has 0 N–H and O–H groups in total. The minimum atomic E-state index is 0.655. The lowest BCUT2D eigenvalue weighted by atomic mass is 10.0. The molecule has 3 heterocycles. The molecular weight excluding hydrogens is 701 g/mol. The number of hydrogen-bond acceptors (Lipinski definition) is 4. The number of nitrogens with zero attached hydrogens (tertiary/aromatic N) is 4. The molecule has 4 nitrogen and oxygen atoms in total. The Bertz CT molecular complexity index is 3450. The maximum atomic E-state index is 5.13. The molecule has 9 aromatic carbocycles. The van der Waals surface area contributed by atoms with E-state index in [0.717, 1.165) is 22.1 Å². The number of rotatable bonds is 4. The van der Waals surface area contributed by atoms with Gasteiger partial charge in [0.2, 0.25) is 0 Å². The van der Waals surface area contributed by atoms with E-state index < -0.39 is 0 Å². The SMILES string of the molecule is c1ccc(-c2nc(-c3ccc4ccccc4c3)nc(-c3ccc4c(c3)sc3c(-n5c6c7ccccc7ccc6c6ccc7ccccc7c65)cccc34)n2)cc1. The highest BCUT2D eigenvalue weighted by atomic mass is 32.1. The second-order valence-corrected chi connectivity index (χ2v) is 15.5. The van der Waals surface area contributed by atoms with Gasteiger partial charge in [-0.05, 0) is 39.7 Å². The van der Waals surface area contributed by atoms with Gasteiger partial charge in [-0.1, -0.05) is 164 Å². The Balaban J connectivity index is 1.09. The first kappa shape index (κ1) is 31.2. The Kier molecular flexibility index (Phi) is 6.76. The maximum absolute atomic E-state index is 5.13. The maximum Gasteiger partial charge on any atom is 0.164 e. The molecule has 0 bridgehead atoms. The molecule has 0 aliphatic carbocycles. The van der Waals surface area contributed by atoms with Crippen molar-refractivity contribution < 1.29 is 0 Å². The molecule has 0 saturated heterocycles. The van der Waals surface area contributed by atoms with Crippen LogP contribution in [0.2, 0.25) is 0 Å². The van der Waals surface area contributed by atoms with E-state index in [1.165, 1.54) is 74.6 Å². The lowest BCUT2D eigenvalue weighted by Gasteiger charge is -2.12. The average molecular weight is 731 g/mol. The summed E-state index contributed by atoms with van der Waals surface area (Å²) in [6, 6.07) is 65.0. The molecule has 0 atom stereocenters. The van der Waals surface area contributed by atoms with Crippen LogP contribution in [0, 0.1) is 0 Å². The summed E-state index contributed by atoms with van der Waals surface area (Å²) in [6.45, 7) is 0. The zero-order valence-electron chi connectivity index (χ0n) is 30.0. The zero-order valence-corrected chi connectivity index (χ0v) is 30.8. The van der Waals surface area contributed by atoms with Crippen LogP contribution in [0.5, 0.6) is 0 Å². The fraction of sp³-hybridized carbons (Fsp3) is 0. The van der Waals surface area contributed by atoms with Gasteiger partial charge in [-0.25, -0.2) is 15.0 Å². The molecule has 0 aliphatic rings. The first-order chi connectivity index (χ1) is 27.7. The smallest absolute Gasteiger partial charge is 0.164 e. The monoisotopic (exact) mass is 730 g/mol. The third kappa shape index (κ3) is 4.75. The summed E-state index contributed by atoms with van der Waals surface area (Å²) in [7, 11) is 0. The fourth-order valence-electron chi connectivity index (χ4n) is 8.56. The van der Waals surface area contributed by atoms with Gasteiger partial charge in [-0.2, -0.15) is 0 Å². The standard InChI is InChI=1S/C51H30N4S/c1-2-14-34(15-3-1)49-52-50(36-22-21-31-11-4-5-16-35(31)29-36)54-51(53-49)37-25-26-40-43-19-10-20-44(48(43)56-45(40)30-37)55-46-38-17-8-6-12-32(38)23-27-41(46)42-28-24-33-13-7-9-18-39(33)47(42)55/h1-30H. The van der Waals surface area contributed by atoms with Gasteiger partial charge in [-0.15, -0.1) is 11.3 Å². The molecule has 3 aromatic heterocycles. The molecular formula is C51H30N4S. The van der Waals surface area contributed by atoms with Gasteiger partial charge in [0.05, 0.1) is 21.4 Å². The summed E-state index contributed by atoms with van der Waals surface area (Å²) in [5.74, 6) is 1.97. The van der Waals surface area contributed by atoms with Crippen LogP contribution in [0.4, 0.5) is 0 Å². The molecule has 56 heavy (non-hydrogen) atoms. The molecule has 0 amide bonds. The largest absolute Gasteiger partial charge is 0.307 e. The predicted octanol–water partition coefficient (Wildman–Crippen LogP) is 13.8. The molecule has 0 saturated carbocycles. The number of hydrogen-bond donors (Lipinski definition) is 0. The Morgan fingerprint density at radius 1 is 0.339 bits per heavy atom. The van der Waals surface area contributed by atoms with Crippen LogP contribution in [0.3, 0.4) is 0 Å². The second kappa shape index (κ2) is 12.2. The van der Waals surface area contributed by atoms with E-state index in [1.807, 2.05) is 29.5 Å². The Labute approximate surface area is 325 Å². The third-order valence-electron chi connectivity index (χ3n) is 11.2. The summed E-state index contributed by atoms with van der Waals surface area (Å²) < 4.78 is 4.97. The molecule has 0 radical (unpaired) electrons. The quantitative estimate of drug-likeness (QED) is 0.181. The van der Waals surface area contributed by atoms with Crippen LogP contribution in [-0.4, -0.2) is 19.5 Å². The molecule has 12 rings (SSSR count). The van der Waals surface area contributed by atoms with Gasteiger partial charge >= 0.3 is 0 Å². The second-order valence-electron chi connectivity index (χ2n) is 14.4. The number of thiophene rings is 1. The van der Waals surface area contributed by atoms with Gasteiger partial charge < -0.3 is 4.57 Å². The van der Waals surface area contributed by atoms with Crippen LogP contribution >= 0.6 is 11.3 Å². The van der Waals surface area contributed by atoms with Crippen molar-refractivity contribution in [1.82, 2.24) is 19.5 Å². The van der Waals surface area contributed by atoms with Gasteiger partial charge in [0.1, 0.15) is 0 Å². The Morgan fingerprint density at radius 3 is 1.55 bits per heavy atom. The van der Waals surface area contributed by atoms with Crippen molar-refractivity contribution in [3.8, 4) is 39.9 Å².